The van der Waals surface area contributed by atoms with E-state index in [0.29, 0.717) is 0 Å². The second kappa shape index (κ2) is 11.0. The number of para-hydroxylation sites is 3. The molecule has 0 aromatic heterocycles. The topological polar surface area (TPSA) is 6.48 Å². The summed E-state index contributed by atoms with van der Waals surface area (Å²) in [6.07, 6.45) is 0. The van der Waals surface area contributed by atoms with E-state index in [-0.39, 0.29) is 0 Å². The van der Waals surface area contributed by atoms with Crippen LogP contribution < -0.4 is 9.80 Å². The summed E-state index contributed by atoms with van der Waals surface area (Å²) in [6, 6.07) is 31.4. The highest BCUT2D eigenvalue weighted by Gasteiger charge is 2.04. The molecule has 136 valence electrons. The van der Waals surface area contributed by atoms with Gasteiger partial charge in [-0.15, -0.1) is 0 Å². The van der Waals surface area contributed by atoms with Crippen molar-refractivity contribution in [2.75, 3.05) is 29.4 Å². The second-order valence-electron chi connectivity index (χ2n) is 5.92. The Morgan fingerprint density at radius 1 is 0.462 bits per heavy atom. The number of rotatable bonds is 6. The molecule has 0 amide bonds. The van der Waals surface area contributed by atoms with Gasteiger partial charge in [-0.1, -0.05) is 54.6 Å². The smallest absolute Gasteiger partial charge is 0.0410 e. The van der Waals surface area contributed by atoms with Crippen LogP contribution in [0, 0.1) is 0 Å². The molecule has 0 radical (unpaired) electrons. The molecule has 3 rings (SSSR count). The summed E-state index contributed by atoms with van der Waals surface area (Å²) in [6.45, 7) is 9.67. The summed E-state index contributed by atoms with van der Waals surface area (Å²) in [4.78, 5) is 4.62. The minimum atomic E-state index is 0.980. The van der Waals surface area contributed by atoms with Gasteiger partial charge < -0.3 is 9.80 Å². The maximum Gasteiger partial charge on any atom is 0.0410 e. The molecule has 0 unspecified atom stereocenters. The molecule has 0 saturated carbocycles. The SMILES string of the molecule is CCN(CC)c1ccccc1.CCN(c1ccccc1)c1ccccc1. The number of anilines is 3. The van der Waals surface area contributed by atoms with Crippen molar-refractivity contribution in [3.63, 3.8) is 0 Å². The van der Waals surface area contributed by atoms with E-state index in [1.165, 1.54) is 17.1 Å². The average molecular weight is 347 g/mol. The molecule has 0 atom stereocenters. The molecule has 0 saturated heterocycles. The Kier molecular flexibility index (Phi) is 8.28. The molecule has 0 bridgehead atoms. The summed E-state index contributed by atoms with van der Waals surface area (Å²) < 4.78 is 0. The van der Waals surface area contributed by atoms with Crippen LogP contribution in [0.2, 0.25) is 0 Å². The van der Waals surface area contributed by atoms with E-state index in [0.717, 1.165) is 19.6 Å². The Morgan fingerprint density at radius 2 is 0.808 bits per heavy atom. The minimum absolute atomic E-state index is 0.980. The van der Waals surface area contributed by atoms with Crippen LogP contribution in [0.5, 0.6) is 0 Å². The van der Waals surface area contributed by atoms with Gasteiger partial charge in [0.25, 0.3) is 0 Å². The lowest BCUT2D eigenvalue weighted by Gasteiger charge is -2.23. The van der Waals surface area contributed by atoms with Crippen LogP contribution in [0.4, 0.5) is 17.1 Å². The molecule has 0 heterocycles. The zero-order valence-corrected chi connectivity index (χ0v) is 16.2. The molecule has 0 N–H and O–H groups in total. The molecular weight excluding hydrogens is 316 g/mol. The van der Waals surface area contributed by atoms with Gasteiger partial charge in [-0.3, -0.25) is 0 Å². The molecule has 26 heavy (non-hydrogen) atoms. The maximum absolute atomic E-state index is 2.33. The van der Waals surface area contributed by atoms with Crippen molar-refractivity contribution >= 4 is 17.1 Å². The third kappa shape index (κ3) is 5.66. The lowest BCUT2D eigenvalue weighted by Crippen LogP contribution is -2.21. The van der Waals surface area contributed by atoms with E-state index >= 15 is 0 Å². The fourth-order valence-electron chi connectivity index (χ4n) is 2.96. The fourth-order valence-corrected chi connectivity index (χ4v) is 2.96. The van der Waals surface area contributed by atoms with Gasteiger partial charge in [0.05, 0.1) is 0 Å². The van der Waals surface area contributed by atoms with Gasteiger partial charge in [0.15, 0.2) is 0 Å². The summed E-state index contributed by atoms with van der Waals surface area (Å²) >= 11 is 0. The highest BCUT2D eigenvalue weighted by Crippen LogP contribution is 2.23. The first kappa shape index (κ1) is 19.6. The Labute approximate surface area is 158 Å². The van der Waals surface area contributed by atoms with Gasteiger partial charge in [0.1, 0.15) is 0 Å². The number of nitrogens with zero attached hydrogens (tertiary/aromatic N) is 2. The molecule has 2 nitrogen and oxygen atoms in total. The molecular formula is C24H30N2. The van der Waals surface area contributed by atoms with Gasteiger partial charge in [-0.25, -0.2) is 0 Å². The average Bonchev–Trinajstić information content (AvgIpc) is 2.72. The fraction of sp³-hybridized carbons (Fsp3) is 0.250. The molecule has 0 aliphatic rings. The highest BCUT2D eigenvalue weighted by molar-refractivity contribution is 5.62. The predicted molar refractivity (Wildman–Crippen MR) is 116 cm³/mol. The standard InChI is InChI=1S/C14H15N.C10H15N/c1-2-15(13-9-5-3-6-10-13)14-11-7-4-8-12-14;1-3-11(4-2)10-8-6-5-7-9-10/h3-12H,2H2,1H3;5-9H,3-4H2,1-2H3. The second-order valence-corrected chi connectivity index (χ2v) is 5.92. The van der Waals surface area contributed by atoms with Gasteiger partial charge in [-0.2, -0.15) is 0 Å². The maximum atomic E-state index is 2.33. The Bertz CT molecular complexity index is 667. The summed E-state index contributed by atoms with van der Waals surface area (Å²) in [7, 11) is 0. The summed E-state index contributed by atoms with van der Waals surface area (Å²) in [5.74, 6) is 0. The number of hydrogen-bond donors (Lipinski definition) is 0. The largest absolute Gasteiger partial charge is 0.372 e. The van der Waals surface area contributed by atoms with Crippen molar-refractivity contribution in [2.24, 2.45) is 0 Å². The van der Waals surface area contributed by atoms with E-state index < -0.39 is 0 Å². The monoisotopic (exact) mass is 346 g/mol. The molecule has 3 aromatic carbocycles. The van der Waals surface area contributed by atoms with Crippen LogP contribution in [0.25, 0.3) is 0 Å². The van der Waals surface area contributed by atoms with Gasteiger partial charge in [0, 0.05) is 36.7 Å². The minimum Gasteiger partial charge on any atom is -0.372 e. The van der Waals surface area contributed by atoms with Crippen molar-refractivity contribution in [3.8, 4) is 0 Å². The zero-order chi connectivity index (χ0) is 18.6. The van der Waals surface area contributed by atoms with E-state index in [1.807, 2.05) is 18.2 Å². The van der Waals surface area contributed by atoms with Crippen molar-refractivity contribution in [1.29, 1.82) is 0 Å². The summed E-state index contributed by atoms with van der Waals surface area (Å²) in [5.41, 5.74) is 3.80. The van der Waals surface area contributed by atoms with Crippen molar-refractivity contribution in [3.05, 3.63) is 91.0 Å². The van der Waals surface area contributed by atoms with Crippen molar-refractivity contribution in [2.45, 2.75) is 20.8 Å². The van der Waals surface area contributed by atoms with Crippen LogP contribution in [0.1, 0.15) is 20.8 Å². The Hall–Kier alpha value is -2.74. The predicted octanol–water partition coefficient (Wildman–Crippen LogP) is 6.38. The van der Waals surface area contributed by atoms with Crippen LogP contribution in [-0.2, 0) is 0 Å². The van der Waals surface area contributed by atoms with Crippen LogP contribution in [0.15, 0.2) is 91.0 Å². The Morgan fingerprint density at radius 3 is 1.12 bits per heavy atom. The first-order valence-corrected chi connectivity index (χ1v) is 9.47. The molecule has 0 aliphatic heterocycles. The van der Waals surface area contributed by atoms with E-state index in [4.69, 9.17) is 0 Å². The quantitative estimate of drug-likeness (QED) is 0.511. The Balaban J connectivity index is 0.000000197. The van der Waals surface area contributed by atoms with Gasteiger partial charge >= 0.3 is 0 Å². The first-order chi connectivity index (χ1) is 12.8. The molecule has 0 fully saturated rings. The third-order valence-electron chi connectivity index (χ3n) is 4.34. The van der Waals surface area contributed by atoms with Crippen molar-refractivity contribution in [1.82, 2.24) is 0 Å². The van der Waals surface area contributed by atoms with E-state index in [1.54, 1.807) is 0 Å². The zero-order valence-electron chi connectivity index (χ0n) is 16.2. The van der Waals surface area contributed by atoms with Gasteiger partial charge in [0.2, 0.25) is 0 Å². The van der Waals surface area contributed by atoms with E-state index in [2.05, 4.69) is 103 Å². The number of hydrogen-bond acceptors (Lipinski definition) is 2. The van der Waals surface area contributed by atoms with Crippen LogP contribution in [0.3, 0.4) is 0 Å². The van der Waals surface area contributed by atoms with Gasteiger partial charge in [-0.05, 0) is 57.2 Å². The normalized spacial score (nSPS) is 9.81. The van der Waals surface area contributed by atoms with Crippen molar-refractivity contribution < 1.29 is 0 Å². The lowest BCUT2D eigenvalue weighted by atomic mass is 10.2. The molecule has 2 heteroatoms. The molecule has 0 spiro atoms. The molecule has 3 aromatic rings. The highest BCUT2D eigenvalue weighted by atomic mass is 15.1. The van der Waals surface area contributed by atoms with Crippen LogP contribution >= 0.6 is 0 Å². The first-order valence-electron chi connectivity index (χ1n) is 9.47. The lowest BCUT2D eigenvalue weighted by molar-refractivity contribution is 0.866. The van der Waals surface area contributed by atoms with E-state index in [9.17, 15) is 0 Å². The summed E-state index contributed by atoms with van der Waals surface area (Å²) in [5, 5.41) is 0. The molecule has 0 aliphatic carbocycles. The third-order valence-corrected chi connectivity index (χ3v) is 4.34. The van der Waals surface area contributed by atoms with Crippen LogP contribution in [-0.4, -0.2) is 19.6 Å². The number of benzene rings is 3.